The summed E-state index contributed by atoms with van der Waals surface area (Å²) in [6.07, 6.45) is 3.97. The molecule has 0 fully saturated rings. The van der Waals surface area contributed by atoms with Crippen molar-refractivity contribution < 1.29 is 0 Å². The van der Waals surface area contributed by atoms with Gasteiger partial charge in [-0.05, 0) is 36.6 Å². The lowest BCUT2D eigenvalue weighted by Crippen LogP contribution is -2.04. The molecule has 0 bridgehead atoms. The molecule has 0 spiro atoms. The molecule has 0 N–H and O–H groups in total. The van der Waals surface area contributed by atoms with E-state index in [1.165, 1.54) is 16.5 Å². The largest absolute Gasteiger partial charge is 0.350 e. The van der Waals surface area contributed by atoms with Gasteiger partial charge in [0.2, 0.25) is 0 Å². The molecule has 1 aromatic carbocycles. The van der Waals surface area contributed by atoms with Gasteiger partial charge >= 0.3 is 0 Å². The predicted molar refractivity (Wildman–Crippen MR) is 81.5 cm³/mol. The van der Waals surface area contributed by atoms with Gasteiger partial charge in [0.25, 0.3) is 0 Å². The molecule has 0 saturated carbocycles. The predicted octanol–water partition coefficient (Wildman–Crippen LogP) is 3.40. The molecule has 3 aromatic rings. The highest BCUT2D eigenvalue weighted by molar-refractivity contribution is 5.87. The Balaban J connectivity index is 2.01. The normalized spacial score (nSPS) is 11.7. The van der Waals surface area contributed by atoms with Gasteiger partial charge in [-0.1, -0.05) is 13.8 Å². The summed E-state index contributed by atoms with van der Waals surface area (Å²) in [5.74, 6) is 1.37. The Morgan fingerprint density at radius 1 is 1.25 bits per heavy atom. The van der Waals surface area contributed by atoms with Gasteiger partial charge in [0.05, 0.1) is 0 Å². The topological polar surface area (TPSA) is 35.6 Å². The lowest BCUT2D eigenvalue weighted by atomic mass is 10.1. The Bertz CT molecular complexity index is 749. The van der Waals surface area contributed by atoms with Crippen LogP contribution >= 0.6 is 0 Å². The molecular weight excluding hydrogens is 248 g/mol. The molecule has 0 aliphatic rings. The smallest absolute Gasteiger partial charge is 0.181 e. The third kappa shape index (κ3) is 2.22. The molecule has 4 heteroatoms. The number of hydrogen-bond acceptors (Lipinski definition) is 2. The third-order valence-electron chi connectivity index (χ3n) is 3.54. The Morgan fingerprint density at radius 3 is 2.80 bits per heavy atom. The number of benzene rings is 1. The van der Waals surface area contributed by atoms with E-state index in [1.54, 1.807) is 0 Å². The number of rotatable bonds is 3. The van der Waals surface area contributed by atoms with E-state index in [-0.39, 0.29) is 0 Å². The molecule has 0 atom stereocenters. The third-order valence-corrected chi connectivity index (χ3v) is 3.54. The molecule has 0 radical (unpaired) electrons. The molecule has 0 saturated heterocycles. The Hall–Kier alpha value is -2.10. The second-order valence-electron chi connectivity index (χ2n) is 5.84. The molecule has 0 amide bonds. The first kappa shape index (κ1) is 12.9. The highest BCUT2D eigenvalue weighted by atomic mass is 15.3. The number of hydrogen-bond donors (Lipinski definition) is 0. The van der Waals surface area contributed by atoms with Crippen LogP contribution in [0.2, 0.25) is 0 Å². The maximum atomic E-state index is 4.56. The summed E-state index contributed by atoms with van der Waals surface area (Å²) in [4.78, 5) is 4.43. The van der Waals surface area contributed by atoms with Gasteiger partial charge in [0.15, 0.2) is 5.82 Å². The van der Waals surface area contributed by atoms with Gasteiger partial charge in [-0.2, -0.15) is 5.10 Å². The quantitative estimate of drug-likeness (QED) is 0.730. The summed E-state index contributed by atoms with van der Waals surface area (Å²) >= 11 is 0. The number of fused-ring (bicyclic) bond motifs is 1. The van der Waals surface area contributed by atoms with Crippen LogP contribution in [0, 0.1) is 12.8 Å². The zero-order valence-corrected chi connectivity index (χ0v) is 12.5. The standard InChI is InChI=1S/C16H20N4/c1-11(2)8-20-10-17-16(18-20)13-5-6-15-14(7-13)12(3)9-19(15)4/h5-7,9-11H,8H2,1-4H3. The van der Waals surface area contributed by atoms with E-state index >= 15 is 0 Å². The van der Waals surface area contributed by atoms with Gasteiger partial charge in [-0.25, -0.2) is 4.98 Å². The fraction of sp³-hybridized carbons (Fsp3) is 0.375. The Labute approximate surface area is 119 Å². The summed E-state index contributed by atoms with van der Waals surface area (Å²) in [6.45, 7) is 7.40. The Kier molecular flexibility index (Phi) is 3.08. The average Bonchev–Trinajstić information content (AvgIpc) is 2.95. The fourth-order valence-corrected chi connectivity index (χ4v) is 2.62. The fourth-order valence-electron chi connectivity index (χ4n) is 2.62. The first-order valence-electron chi connectivity index (χ1n) is 7.00. The van der Waals surface area contributed by atoms with Crippen molar-refractivity contribution in [2.75, 3.05) is 0 Å². The van der Waals surface area contributed by atoms with Crippen molar-refractivity contribution in [3.8, 4) is 11.4 Å². The lowest BCUT2D eigenvalue weighted by molar-refractivity contribution is 0.483. The molecule has 0 unspecified atom stereocenters. The zero-order valence-electron chi connectivity index (χ0n) is 12.5. The first-order valence-corrected chi connectivity index (χ1v) is 7.00. The lowest BCUT2D eigenvalue weighted by Gasteiger charge is -2.03. The van der Waals surface area contributed by atoms with E-state index in [9.17, 15) is 0 Å². The molecule has 0 aliphatic heterocycles. The SMILES string of the molecule is Cc1cn(C)c2ccc(-c3ncn(CC(C)C)n3)cc12. The molecule has 20 heavy (non-hydrogen) atoms. The second-order valence-corrected chi connectivity index (χ2v) is 5.84. The molecule has 3 rings (SSSR count). The maximum Gasteiger partial charge on any atom is 0.181 e. The van der Waals surface area contributed by atoms with Crippen LogP contribution in [0.3, 0.4) is 0 Å². The van der Waals surface area contributed by atoms with E-state index < -0.39 is 0 Å². The van der Waals surface area contributed by atoms with Crippen LogP contribution in [0.5, 0.6) is 0 Å². The van der Waals surface area contributed by atoms with Crippen molar-refractivity contribution in [1.29, 1.82) is 0 Å². The van der Waals surface area contributed by atoms with Gasteiger partial charge in [0, 0.05) is 36.3 Å². The van der Waals surface area contributed by atoms with Gasteiger partial charge in [0.1, 0.15) is 6.33 Å². The second kappa shape index (κ2) is 4.78. The van der Waals surface area contributed by atoms with E-state index in [0.29, 0.717) is 5.92 Å². The minimum absolute atomic E-state index is 0.573. The van der Waals surface area contributed by atoms with Crippen LogP contribution in [0.25, 0.3) is 22.3 Å². The average molecular weight is 268 g/mol. The molecule has 2 aromatic heterocycles. The van der Waals surface area contributed by atoms with Crippen LogP contribution < -0.4 is 0 Å². The van der Waals surface area contributed by atoms with Crippen molar-refractivity contribution in [1.82, 2.24) is 19.3 Å². The van der Waals surface area contributed by atoms with E-state index in [2.05, 4.69) is 66.9 Å². The van der Waals surface area contributed by atoms with Crippen LogP contribution in [0.15, 0.2) is 30.7 Å². The summed E-state index contributed by atoms with van der Waals surface area (Å²) in [5.41, 5.74) is 3.60. The van der Waals surface area contributed by atoms with Crippen molar-refractivity contribution in [2.45, 2.75) is 27.3 Å². The minimum Gasteiger partial charge on any atom is -0.350 e. The molecule has 0 aliphatic carbocycles. The van der Waals surface area contributed by atoms with Gasteiger partial charge in [-0.3, -0.25) is 4.68 Å². The van der Waals surface area contributed by atoms with E-state index in [4.69, 9.17) is 0 Å². The zero-order chi connectivity index (χ0) is 14.3. The highest BCUT2D eigenvalue weighted by Crippen LogP contribution is 2.25. The summed E-state index contributed by atoms with van der Waals surface area (Å²) in [6, 6.07) is 6.41. The molecule has 104 valence electrons. The highest BCUT2D eigenvalue weighted by Gasteiger charge is 2.09. The van der Waals surface area contributed by atoms with Crippen molar-refractivity contribution >= 4 is 10.9 Å². The molecular formula is C16H20N4. The minimum atomic E-state index is 0.573. The first-order chi connectivity index (χ1) is 9.54. The summed E-state index contributed by atoms with van der Waals surface area (Å²) in [5, 5.41) is 5.83. The number of nitrogens with zero attached hydrogens (tertiary/aromatic N) is 4. The molecule has 2 heterocycles. The summed E-state index contributed by atoms with van der Waals surface area (Å²) in [7, 11) is 2.07. The van der Waals surface area contributed by atoms with Crippen LogP contribution in [-0.4, -0.2) is 19.3 Å². The van der Waals surface area contributed by atoms with Crippen molar-refractivity contribution in [3.05, 3.63) is 36.3 Å². The molecule has 4 nitrogen and oxygen atoms in total. The number of aryl methyl sites for hydroxylation is 2. The number of aromatic nitrogens is 4. The van der Waals surface area contributed by atoms with Crippen LogP contribution in [-0.2, 0) is 13.6 Å². The van der Waals surface area contributed by atoms with Gasteiger partial charge < -0.3 is 4.57 Å². The Morgan fingerprint density at radius 2 is 2.05 bits per heavy atom. The van der Waals surface area contributed by atoms with Crippen LogP contribution in [0.4, 0.5) is 0 Å². The van der Waals surface area contributed by atoms with Crippen molar-refractivity contribution in [2.24, 2.45) is 13.0 Å². The van der Waals surface area contributed by atoms with Gasteiger partial charge in [-0.15, -0.1) is 0 Å². The summed E-state index contributed by atoms with van der Waals surface area (Å²) < 4.78 is 4.07. The van der Waals surface area contributed by atoms with Crippen LogP contribution in [0.1, 0.15) is 19.4 Å². The maximum absolute atomic E-state index is 4.56. The van der Waals surface area contributed by atoms with E-state index in [0.717, 1.165) is 17.9 Å². The monoisotopic (exact) mass is 268 g/mol. The van der Waals surface area contributed by atoms with E-state index in [1.807, 2.05) is 11.0 Å². The van der Waals surface area contributed by atoms with Crippen molar-refractivity contribution in [3.63, 3.8) is 0 Å².